The molecule has 2 aromatic rings. The van der Waals surface area contributed by atoms with E-state index in [0.717, 1.165) is 30.6 Å². The Hall–Kier alpha value is -2.87. The largest absolute Gasteiger partial charge is 0.484 e. The van der Waals surface area contributed by atoms with Crippen LogP contribution in [-0.4, -0.2) is 38.0 Å². The number of rotatable bonds is 8. The van der Waals surface area contributed by atoms with Crippen molar-refractivity contribution in [2.75, 3.05) is 30.5 Å². The van der Waals surface area contributed by atoms with Gasteiger partial charge in [0.1, 0.15) is 10.8 Å². The smallest absolute Gasteiger partial charge is 0.341 e. The predicted molar refractivity (Wildman–Crippen MR) is 116 cm³/mol. The molecule has 1 aromatic carbocycles. The van der Waals surface area contributed by atoms with Gasteiger partial charge in [-0.2, -0.15) is 0 Å². The second-order valence-corrected chi connectivity index (χ2v) is 8.41. The van der Waals surface area contributed by atoms with Gasteiger partial charge in [0, 0.05) is 18.7 Å². The van der Waals surface area contributed by atoms with Crippen LogP contribution in [0.3, 0.4) is 0 Å². The maximum Gasteiger partial charge on any atom is 0.341 e. The topological polar surface area (TPSA) is 84.9 Å². The zero-order valence-corrected chi connectivity index (χ0v) is 18.2. The number of carbonyl (C=O) groups excluding carboxylic acids is 3. The molecule has 1 aliphatic heterocycles. The zero-order valence-electron chi connectivity index (χ0n) is 17.4. The molecule has 0 radical (unpaired) electrons. The first-order valence-corrected chi connectivity index (χ1v) is 10.8. The van der Waals surface area contributed by atoms with Gasteiger partial charge in [-0.15, -0.1) is 11.3 Å². The molecule has 1 N–H and O–H groups in total. The Bertz CT molecular complexity index is 920. The summed E-state index contributed by atoms with van der Waals surface area (Å²) >= 11 is 1.30. The minimum atomic E-state index is -0.463. The summed E-state index contributed by atoms with van der Waals surface area (Å²) in [6.45, 7) is 4.66. The van der Waals surface area contributed by atoms with E-state index in [9.17, 15) is 14.4 Å². The Morgan fingerprint density at radius 3 is 2.57 bits per heavy atom. The van der Waals surface area contributed by atoms with Crippen molar-refractivity contribution in [1.82, 2.24) is 0 Å². The summed E-state index contributed by atoms with van der Waals surface area (Å²) in [6.07, 6.45) is 2.17. The number of nitrogens with one attached hydrogen (secondary N) is 1. The minimum absolute atomic E-state index is 0.122. The molecule has 1 aromatic heterocycles. The highest BCUT2D eigenvalue weighted by molar-refractivity contribution is 7.15. The third-order valence-electron chi connectivity index (χ3n) is 4.73. The van der Waals surface area contributed by atoms with Gasteiger partial charge in [0.15, 0.2) is 6.61 Å². The third-order valence-corrected chi connectivity index (χ3v) is 5.67. The first kappa shape index (κ1) is 21.8. The lowest BCUT2D eigenvalue weighted by Gasteiger charge is -2.16. The average Bonchev–Trinajstić information content (AvgIpc) is 3.32. The van der Waals surface area contributed by atoms with E-state index < -0.39 is 5.97 Å². The fourth-order valence-corrected chi connectivity index (χ4v) is 4.34. The summed E-state index contributed by atoms with van der Waals surface area (Å²) in [4.78, 5) is 38.1. The van der Waals surface area contributed by atoms with Crippen LogP contribution in [0.15, 0.2) is 29.6 Å². The number of benzene rings is 1. The van der Waals surface area contributed by atoms with Crippen LogP contribution in [0.2, 0.25) is 0 Å². The fourth-order valence-electron chi connectivity index (χ4n) is 3.36. The van der Waals surface area contributed by atoms with Crippen molar-refractivity contribution >= 4 is 39.8 Å². The molecule has 8 heteroatoms. The lowest BCUT2D eigenvalue weighted by Crippen LogP contribution is -2.23. The van der Waals surface area contributed by atoms with Crippen molar-refractivity contribution in [2.45, 2.75) is 33.1 Å². The molecule has 0 aliphatic carbocycles. The zero-order chi connectivity index (χ0) is 21.7. The minimum Gasteiger partial charge on any atom is -0.484 e. The van der Waals surface area contributed by atoms with Crippen LogP contribution >= 0.6 is 11.3 Å². The van der Waals surface area contributed by atoms with E-state index in [1.54, 1.807) is 17.0 Å². The van der Waals surface area contributed by atoms with Gasteiger partial charge in [0.25, 0.3) is 5.91 Å². The van der Waals surface area contributed by atoms with Gasteiger partial charge in [0.05, 0.1) is 12.7 Å². The molecule has 160 valence electrons. The van der Waals surface area contributed by atoms with E-state index >= 15 is 0 Å². The Kier molecular flexibility index (Phi) is 7.10. The molecule has 2 heterocycles. The molecule has 1 fully saturated rings. The lowest BCUT2D eigenvalue weighted by molar-refractivity contribution is -0.118. The van der Waals surface area contributed by atoms with Crippen LogP contribution in [0.5, 0.6) is 5.75 Å². The van der Waals surface area contributed by atoms with Crippen molar-refractivity contribution < 1.29 is 23.9 Å². The highest BCUT2D eigenvalue weighted by atomic mass is 32.1. The first-order chi connectivity index (χ1) is 14.4. The summed E-state index contributed by atoms with van der Waals surface area (Å²) in [5, 5.41) is 5.10. The number of esters is 1. The van der Waals surface area contributed by atoms with Gasteiger partial charge in [-0.05, 0) is 54.0 Å². The van der Waals surface area contributed by atoms with Crippen molar-refractivity contribution in [2.24, 2.45) is 5.92 Å². The normalized spacial score (nSPS) is 13.6. The number of carbonyl (C=O) groups is 3. The number of nitrogens with zero attached hydrogens (tertiary/aromatic N) is 1. The number of hydrogen-bond donors (Lipinski definition) is 1. The number of amides is 2. The lowest BCUT2D eigenvalue weighted by atomic mass is 10.0. The number of ether oxygens (including phenoxy) is 2. The Labute approximate surface area is 180 Å². The molecule has 2 amide bonds. The number of anilines is 2. The molecule has 30 heavy (non-hydrogen) atoms. The van der Waals surface area contributed by atoms with Crippen LogP contribution in [0.25, 0.3) is 0 Å². The molecular formula is C22H26N2O5S. The van der Waals surface area contributed by atoms with E-state index in [0.29, 0.717) is 28.7 Å². The Balaban J connectivity index is 1.60. The fraction of sp³-hybridized carbons (Fsp3) is 0.409. The number of methoxy groups -OCH3 is 1. The Morgan fingerprint density at radius 1 is 1.23 bits per heavy atom. The van der Waals surface area contributed by atoms with Crippen molar-refractivity contribution in [1.29, 1.82) is 0 Å². The maximum atomic E-state index is 12.4. The summed E-state index contributed by atoms with van der Waals surface area (Å²) in [6, 6.07) is 7.09. The van der Waals surface area contributed by atoms with Gasteiger partial charge in [-0.1, -0.05) is 13.8 Å². The molecule has 0 bridgehead atoms. The highest BCUT2D eigenvalue weighted by Gasteiger charge is 2.23. The molecule has 1 saturated heterocycles. The molecule has 0 spiro atoms. The molecule has 0 saturated carbocycles. The van der Waals surface area contributed by atoms with Gasteiger partial charge in [-0.25, -0.2) is 4.79 Å². The average molecular weight is 431 g/mol. The van der Waals surface area contributed by atoms with E-state index in [4.69, 9.17) is 9.47 Å². The molecule has 7 nitrogen and oxygen atoms in total. The number of thiophene rings is 1. The molecule has 0 unspecified atom stereocenters. The second kappa shape index (κ2) is 9.75. The summed E-state index contributed by atoms with van der Waals surface area (Å²) in [5.41, 5.74) is 2.10. The SMILES string of the molecule is COC(=O)c1c(CC(C)C)csc1NC(=O)COc1ccc(N2CCCC2=O)cc1. The van der Waals surface area contributed by atoms with E-state index in [1.165, 1.54) is 18.4 Å². The van der Waals surface area contributed by atoms with Crippen LogP contribution in [0, 0.1) is 5.92 Å². The summed E-state index contributed by atoms with van der Waals surface area (Å²) < 4.78 is 10.4. The van der Waals surface area contributed by atoms with Crippen molar-refractivity contribution in [3.05, 3.63) is 40.8 Å². The van der Waals surface area contributed by atoms with Crippen LogP contribution in [-0.2, 0) is 20.7 Å². The standard InChI is InChI=1S/C22H26N2O5S/c1-14(2)11-15-13-30-21(20(15)22(27)28-3)23-18(25)12-29-17-8-6-16(7-9-17)24-10-4-5-19(24)26/h6-9,13-14H,4-5,10-12H2,1-3H3,(H,23,25). The van der Waals surface area contributed by atoms with Gasteiger partial charge < -0.3 is 19.7 Å². The van der Waals surface area contributed by atoms with Crippen molar-refractivity contribution in [3.63, 3.8) is 0 Å². The Morgan fingerprint density at radius 2 is 1.97 bits per heavy atom. The molecular weight excluding hydrogens is 404 g/mol. The van der Waals surface area contributed by atoms with E-state index in [2.05, 4.69) is 19.2 Å². The van der Waals surface area contributed by atoms with Gasteiger partial charge >= 0.3 is 5.97 Å². The second-order valence-electron chi connectivity index (χ2n) is 7.53. The van der Waals surface area contributed by atoms with Crippen molar-refractivity contribution in [3.8, 4) is 5.75 Å². The third kappa shape index (κ3) is 5.18. The van der Waals surface area contributed by atoms with Gasteiger partial charge in [0.2, 0.25) is 5.91 Å². The van der Waals surface area contributed by atoms with E-state index in [1.807, 2.05) is 17.5 Å². The van der Waals surface area contributed by atoms with Crippen LogP contribution in [0.1, 0.15) is 42.6 Å². The maximum absolute atomic E-state index is 12.4. The quantitative estimate of drug-likeness (QED) is 0.643. The highest BCUT2D eigenvalue weighted by Crippen LogP contribution is 2.31. The van der Waals surface area contributed by atoms with Crippen LogP contribution < -0.4 is 15.0 Å². The first-order valence-electron chi connectivity index (χ1n) is 9.90. The van der Waals surface area contributed by atoms with Gasteiger partial charge in [-0.3, -0.25) is 9.59 Å². The molecule has 0 atom stereocenters. The van der Waals surface area contributed by atoms with E-state index in [-0.39, 0.29) is 18.4 Å². The predicted octanol–water partition coefficient (Wildman–Crippen LogP) is 3.88. The number of hydrogen-bond acceptors (Lipinski definition) is 6. The molecule has 1 aliphatic rings. The summed E-state index contributed by atoms with van der Waals surface area (Å²) in [7, 11) is 1.33. The molecule has 3 rings (SSSR count). The van der Waals surface area contributed by atoms with Crippen LogP contribution in [0.4, 0.5) is 10.7 Å². The monoisotopic (exact) mass is 430 g/mol. The summed E-state index contributed by atoms with van der Waals surface area (Å²) in [5.74, 6) is 0.193.